The van der Waals surface area contributed by atoms with Gasteiger partial charge in [0.2, 0.25) is 5.91 Å². The third-order valence-electron chi connectivity index (χ3n) is 8.50. The van der Waals surface area contributed by atoms with Crippen molar-refractivity contribution in [1.29, 1.82) is 0 Å². The van der Waals surface area contributed by atoms with Gasteiger partial charge in [0, 0.05) is 51.3 Å². The zero-order valence-corrected chi connectivity index (χ0v) is 25.7. The standard InChI is InChI=1S/C36H46N2O5/c1-27-7-3-4-8-31(27)26-41-21-6-22-42-32-14-11-29(12-15-32)33-17-18-37-24-35(33)43-25-28-9-10-30-13-16-36(39)38(34(30)23-28)19-5-20-40-2/h3-4,7-12,14-15,23,33,35,37H,5-6,13,16-22,24-26H2,1-2H3. The minimum absolute atomic E-state index is 0.0707. The van der Waals surface area contributed by atoms with Crippen LogP contribution in [-0.4, -0.2) is 58.6 Å². The molecule has 7 heteroatoms. The first-order valence-electron chi connectivity index (χ1n) is 15.7. The number of ether oxygens (including phenoxy) is 4. The molecule has 2 aliphatic heterocycles. The predicted octanol–water partition coefficient (Wildman–Crippen LogP) is 5.96. The molecule has 43 heavy (non-hydrogen) atoms. The molecule has 0 saturated carbocycles. The zero-order valence-electron chi connectivity index (χ0n) is 25.7. The third-order valence-corrected chi connectivity index (χ3v) is 8.50. The Morgan fingerprint density at radius 1 is 0.930 bits per heavy atom. The van der Waals surface area contributed by atoms with Crippen LogP contribution in [0.1, 0.15) is 59.4 Å². The molecule has 5 rings (SSSR count). The Morgan fingerprint density at radius 3 is 2.63 bits per heavy atom. The molecule has 2 unspecified atom stereocenters. The van der Waals surface area contributed by atoms with Gasteiger partial charge in [0.1, 0.15) is 5.75 Å². The SMILES string of the molecule is COCCCN1C(=O)CCc2ccc(COC3CNCCC3c3ccc(OCCCOCc4ccccc4C)cc3)cc21. The highest BCUT2D eigenvalue weighted by Gasteiger charge is 2.28. The van der Waals surface area contributed by atoms with Crippen molar-refractivity contribution in [2.24, 2.45) is 0 Å². The third kappa shape index (κ3) is 8.67. The van der Waals surface area contributed by atoms with E-state index in [0.717, 1.165) is 55.8 Å². The summed E-state index contributed by atoms with van der Waals surface area (Å²) in [5.74, 6) is 1.39. The number of nitrogens with zero attached hydrogens (tertiary/aromatic N) is 1. The topological polar surface area (TPSA) is 69.3 Å². The van der Waals surface area contributed by atoms with Crippen molar-refractivity contribution in [3.8, 4) is 5.75 Å². The van der Waals surface area contributed by atoms with E-state index < -0.39 is 0 Å². The normalized spacial score (nSPS) is 18.5. The van der Waals surface area contributed by atoms with Crippen LogP contribution < -0.4 is 15.0 Å². The van der Waals surface area contributed by atoms with Gasteiger partial charge in [-0.15, -0.1) is 0 Å². The van der Waals surface area contributed by atoms with Gasteiger partial charge in [-0.2, -0.15) is 0 Å². The van der Waals surface area contributed by atoms with Crippen molar-refractivity contribution in [3.05, 3.63) is 94.5 Å². The van der Waals surface area contributed by atoms with Gasteiger partial charge in [-0.05, 0) is 78.7 Å². The lowest BCUT2D eigenvalue weighted by Gasteiger charge is -2.33. The van der Waals surface area contributed by atoms with Crippen molar-refractivity contribution >= 4 is 11.6 Å². The van der Waals surface area contributed by atoms with Crippen molar-refractivity contribution in [1.82, 2.24) is 5.32 Å². The second-order valence-corrected chi connectivity index (χ2v) is 11.6. The van der Waals surface area contributed by atoms with E-state index in [1.165, 1.54) is 22.3 Å². The summed E-state index contributed by atoms with van der Waals surface area (Å²) in [7, 11) is 1.70. The highest BCUT2D eigenvalue weighted by molar-refractivity contribution is 5.96. The fourth-order valence-electron chi connectivity index (χ4n) is 5.99. The monoisotopic (exact) mass is 586 g/mol. The number of carbonyl (C=O) groups is 1. The summed E-state index contributed by atoms with van der Waals surface area (Å²) < 4.78 is 23.6. The summed E-state index contributed by atoms with van der Waals surface area (Å²) in [6.45, 7) is 7.69. The van der Waals surface area contributed by atoms with E-state index in [1.54, 1.807) is 7.11 Å². The lowest BCUT2D eigenvalue weighted by atomic mass is 9.87. The van der Waals surface area contributed by atoms with E-state index in [9.17, 15) is 4.79 Å². The van der Waals surface area contributed by atoms with Gasteiger partial charge in [-0.25, -0.2) is 0 Å². The summed E-state index contributed by atoms with van der Waals surface area (Å²) >= 11 is 0. The van der Waals surface area contributed by atoms with E-state index in [-0.39, 0.29) is 12.0 Å². The zero-order chi connectivity index (χ0) is 29.9. The number of nitrogens with one attached hydrogen (secondary N) is 1. The van der Waals surface area contributed by atoms with Crippen LogP contribution >= 0.6 is 0 Å². The Hall–Kier alpha value is -3.23. The number of amides is 1. The first-order valence-corrected chi connectivity index (χ1v) is 15.7. The average Bonchev–Trinajstić information content (AvgIpc) is 3.04. The summed E-state index contributed by atoms with van der Waals surface area (Å²) in [6.07, 6.45) is 4.13. The highest BCUT2D eigenvalue weighted by Crippen LogP contribution is 2.32. The van der Waals surface area contributed by atoms with Crippen molar-refractivity contribution in [2.45, 2.75) is 64.3 Å². The Morgan fingerprint density at radius 2 is 1.79 bits per heavy atom. The molecule has 1 fully saturated rings. The van der Waals surface area contributed by atoms with Crippen LogP contribution in [0.25, 0.3) is 0 Å². The highest BCUT2D eigenvalue weighted by atomic mass is 16.5. The second-order valence-electron chi connectivity index (χ2n) is 11.6. The first kappa shape index (κ1) is 31.2. The van der Waals surface area contributed by atoms with E-state index in [0.29, 0.717) is 51.9 Å². The van der Waals surface area contributed by atoms with E-state index in [1.807, 2.05) is 4.90 Å². The minimum atomic E-state index is 0.0707. The molecule has 7 nitrogen and oxygen atoms in total. The molecule has 230 valence electrons. The van der Waals surface area contributed by atoms with E-state index >= 15 is 0 Å². The molecule has 0 aliphatic carbocycles. The number of benzene rings is 3. The van der Waals surface area contributed by atoms with E-state index in [2.05, 4.69) is 79.0 Å². The number of hydrogen-bond acceptors (Lipinski definition) is 6. The fourth-order valence-corrected chi connectivity index (χ4v) is 5.99. The smallest absolute Gasteiger partial charge is 0.227 e. The molecule has 1 N–H and O–H groups in total. The van der Waals surface area contributed by atoms with Crippen molar-refractivity contribution < 1.29 is 23.7 Å². The van der Waals surface area contributed by atoms with E-state index in [4.69, 9.17) is 18.9 Å². The number of hydrogen-bond donors (Lipinski definition) is 1. The van der Waals surface area contributed by atoms with Crippen LogP contribution in [0, 0.1) is 6.92 Å². The van der Waals surface area contributed by atoms with Crippen LogP contribution in [-0.2, 0) is 38.6 Å². The number of aryl methyl sites for hydroxylation is 2. The Bertz CT molecular complexity index is 1310. The van der Waals surface area contributed by atoms with Crippen molar-refractivity contribution in [3.63, 3.8) is 0 Å². The number of fused-ring (bicyclic) bond motifs is 1. The molecule has 2 aliphatic rings. The molecular formula is C36H46N2O5. The molecule has 0 radical (unpaired) electrons. The summed E-state index contributed by atoms with van der Waals surface area (Å²) in [6, 6.07) is 23.3. The molecule has 3 aromatic rings. The van der Waals surface area contributed by atoms with Gasteiger partial charge in [0.15, 0.2) is 0 Å². The number of piperidine rings is 1. The van der Waals surface area contributed by atoms with Crippen LogP contribution in [0.2, 0.25) is 0 Å². The maximum atomic E-state index is 12.7. The Kier molecular flexibility index (Phi) is 11.6. The summed E-state index contributed by atoms with van der Waals surface area (Å²) in [4.78, 5) is 14.6. The molecule has 2 heterocycles. The quantitative estimate of drug-likeness (QED) is 0.222. The van der Waals surface area contributed by atoms with Gasteiger partial charge >= 0.3 is 0 Å². The number of carbonyl (C=O) groups excluding carboxylic acids is 1. The molecule has 3 aromatic carbocycles. The molecule has 1 saturated heterocycles. The number of rotatable bonds is 15. The average molecular weight is 587 g/mol. The van der Waals surface area contributed by atoms with Gasteiger partial charge in [0.05, 0.1) is 32.5 Å². The molecule has 2 atom stereocenters. The maximum Gasteiger partial charge on any atom is 0.227 e. The lowest BCUT2D eigenvalue weighted by Crippen LogP contribution is -2.41. The lowest BCUT2D eigenvalue weighted by molar-refractivity contribution is -0.118. The summed E-state index contributed by atoms with van der Waals surface area (Å²) in [5, 5.41) is 3.51. The van der Waals surface area contributed by atoms with Gasteiger partial charge in [-0.3, -0.25) is 4.79 Å². The molecule has 0 bridgehead atoms. The summed E-state index contributed by atoms with van der Waals surface area (Å²) in [5.41, 5.74) is 7.13. The Labute approximate surface area is 256 Å². The van der Waals surface area contributed by atoms with Gasteiger partial charge in [-0.1, -0.05) is 48.5 Å². The van der Waals surface area contributed by atoms with Crippen LogP contribution in [0.3, 0.4) is 0 Å². The fraction of sp³-hybridized carbons (Fsp3) is 0.472. The molecule has 0 spiro atoms. The van der Waals surface area contributed by atoms with Gasteiger partial charge < -0.3 is 29.2 Å². The molecular weight excluding hydrogens is 540 g/mol. The number of methoxy groups -OCH3 is 1. The van der Waals surface area contributed by atoms with Gasteiger partial charge in [0.25, 0.3) is 0 Å². The second kappa shape index (κ2) is 16.0. The predicted molar refractivity (Wildman–Crippen MR) is 170 cm³/mol. The number of anilines is 1. The Balaban J connectivity index is 1.10. The maximum absolute atomic E-state index is 12.7. The minimum Gasteiger partial charge on any atom is -0.494 e. The largest absolute Gasteiger partial charge is 0.494 e. The molecule has 1 amide bonds. The van der Waals surface area contributed by atoms with Crippen molar-refractivity contribution in [2.75, 3.05) is 51.5 Å². The van der Waals surface area contributed by atoms with Crippen LogP contribution in [0.5, 0.6) is 5.75 Å². The van der Waals surface area contributed by atoms with Crippen LogP contribution in [0.4, 0.5) is 5.69 Å². The first-order chi connectivity index (χ1) is 21.1. The molecule has 0 aromatic heterocycles. The van der Waals surface area contributed by atoms with Crippen LogP contribution in [0.15, 0.2) is 66.7 Å².